The highest BCUT2D eigenvalue weighted by molar-refractivity contribution is 6.32. The van der Waals surface area contributed by atoms with E-state index in [-0.39, 0.29) is 11.7 Å². The summed E-state index contributed by atoms with van der Waals surface area (Å²) in [5.74, 6) is 1.15. The summed E-state index contributed by atoms with van der Waals surface area (Å²) in [7, 11) is 0. The Kier molecular flexibility index (Phi) is 10.7. The summed E-state index contributed by atoms with van der Waals surface area (Å²) in [6.45, 7) is 6.36. The van der Waals surface area contributed by atoms with Crippen LogP contribution in [0.25, 0.3) is 0 Å². The van der Waals surface area contributed by atoms with Crippen molar-refractivity contribution in [2.24, 2.45) is 0 Å². The van der Waals surface area contributed by atoms with Crippen molar-refractivity contribution >= 4 is 23.2 Å². The van der Waals surface area contributed by atoms with Gasteiger partial charge < -0.3 is 19.9 Å². The van der Waals surface area contributed by atoms with E-state index < -0.39 is 6.10 Å². The SMILES string of the molecule is CCCCc1c(Cl)cc(NC(=O)C(CC)Oc2ccc(Cc3ccc(OCc4ccccc4)cc3)cc2)c(O)c1C. The first kappa shape index (κ1) is 30.0. The Morgan fingerprint density at radius 3 is 2.15 bits per heavy atom. The Labute approximate surface area is 248 Å². The van der Waals surface area contributed by atoms with Crippen LogP contribution in [0.15, 0.2) is 84.9 Å². The Balaban J connectivity index is 1.32. The Bertz CT molecular complexity index is 1420. The molecule has 1 atom stereocenters. The quantitative estimate of drug-likeness (QED) is 0.158. The predicted octanol–water partition coefficient (Wildman–Crippen LogP) is 8.66. The molecular formula is C35H38ClNO4. The van der Waals surface area contributed by atoms with E-state index in [4.69, 9.17) is 21.1 Å². The van der Waals surface area contributed by atoms with Gasteiger partial charge in [-0.25, -0.2) is 0 Å². The molecule has 0 aromatic heterocycles. The zero-order valence-corrected chi connectivity index (χ0v) is 24.7. The molecule has 1 amide bonds. The first-order valence-electron chi connectivity index (χ1n) is 14.2. The van der Waals surface area contributed by atoms with E-state index in [1.165, 1.54) is 5.56 Å². The van der Waals surface area contributed by atoms with Crippen LogP contribution in [0.3, 0.4) is 0 Å². The van der Waals surface area contributed by atoms with Crippen molar-refractivity contribution in [2.75, 3.05) is 5.32 Å². The second-order valence-corrected chi connectivity index (χ2v) is 10.6. The lowest BCUT2D eigenvalue weighted by Crippen LogP contribution is -2.32. The zero-order valence-electron chi connectivity index (χ0n) is 24.0. The Hall–Kier alpha value is -3.96. The molecule has 0 saturated carbocycles. The lowest BCUT2D eigenvalue weighted by molar-refractivity contribution is -0.122. The number of unbranched alkanes of at least 4 members (excludes halogenated alkanes) is 1. The van der Waals surface area contributed by atoms with Crippen molar-refractivity contribution in [1.29, 1.82) is 0 Å². The van der Waals surface area contributed by atoms with E-state index in [0.717, 1.165) is 48.1 Å². The predicted molar refractivity (Wildman–Crippen MR) is 166 cm³/mol. The van der Waals surface area contributed by atoms with Gasteiger partial charge in [-0.05, 0) is 90.8 Å². The van der Waals surface area contributed by atoms with Crippen LogP contribution in [0.5, 0.6) is 17.2 Å². The molecule has 0 saturated heterocycles. The number of aromatic hydroxyl groups is 1. The normalized spacial score (nSPS) is 11.6. The summed E-state index contributed by atoms with van der Waals surface area (Å²) in [5, 5.41) is 14.1. The molecule has 0 spiro atoms. The minimum Gasteiger partial charge on any atom is -0.505 e. The Morgan fingerprint density at radius 2 is 1.54 bits per heavy atom. The van der Waals surface area contributed by atoms with Crippen LogP contribution >= 0.6 is 11.6 Å². The van der Waals surface area contributed by atoms with Crippen LogP contribution in [-0.2, 0) is 24.2 Å². The maximum absolute atomic E-state index is 13.0. The summed E-state index contributed by atoms with van der Waals surface area (Å²) < 4.78 is 11.9. The number of amides is 1. The second-order valence-electron chi connectivity index (χ2n) is 10.2. The third kappa shape index (κ3) is 8.27. The molecule has 4 rings (SSSR count). The number of nitrogens with one attached hydrogen (secondary N) is 1. The molecule has 0 fully saturated rings. The highest BCUT2D eigenvalue weighted by atomic mass is 35.5. The zero-order chi connectivity index (χ0) is 29.2. The standard InChI is InChI=1S/C35H38ClNO4/c1-4-6-12-30-24(3)34(38)32(22-31(30)36)37-35(39)33(5-2)41-29-19-15-26(16-20-29)21-25-13-17-28(18-14-25)40-23-27-10-8-7-9-11-27/h7-11,13-20,22,33,38H,4-6,12,21,23H2,1-3H3,(H,37,39). The third-order valence-corrected chi connectivity index (χ3v) is 7.44. The number of carbonyl (C=O) groups is 1. The largest absolute Gasteiger partial charge is 0.505 e. The molecule has 2 N–H and O–H groups in total. The van der Waals surface area contributed by atoms with Crippen LogP contribution < -0.4 is 14.8 Å². The average Bonchev–Trinajstić information content (AvgIpc) is 2.99. The molecule has 41 heavy (non-hydrogen) atoms. The van der Waals surface area contributed by atoms with Crippen molar-refractivity contribution < 1.29 is 19.4 Å². The van der Waals surface area contributed by atoms with E-state index in [1.807, 2.05) is 80.6 Å². The van der Waals surface area contributed by atoms with E-state index in [9.17, 15) is 9.90 Å². The summed E-state index contributed by atoms with van der Waals surface area (Å²) in [4.78, 5) is 13.0. The van der Waals surface area contributed by atoms with Gasteiger partial charge in [-0.15, -0.1) is 0 Å². The van der Waals surface area contributed by atoms with Crippen LogP contribution in [0.1, 0.15) is 60.9 Å². The van der Waals surface area contributed by atoms with E-state index in [2.05, 4.69) is 24.4 Å². The number of carbonyl (C=O) groups excluding carboxylic acids is 1. The fraction of sp³-hybridized carbons (Fsp3) is 0.286. The van der Waals surface area contributed by atoms with Crippen molar-refractivity contribution in [2.45, 2.75) is 65.6 Å². The first-order valence-corrected chi connectivity index (χ1v) is 14.6. The van der Waals surface area contributed by atoms with Gasteiger partial charge in [-0.2, -0.15) is 0 Å². The maximum atomic E-state index is 13.0. The maximum Gasteiger partial charge on any atom is 0.265 e. The number of phenolic OH excluding ortho intramolecular Hbond substituents is 1. The molecule has 4 aromatic rings. The minimum absolute atomic E-state index is 0.0452. The second kappa shape index (κ2) is 14.6. The molecule has 0 heterocycles. The number of halogens is 1. The van der Waals surface area contributed by atoms with Gasteiger partial charge in [0.05, 0.1) is 5.69 Å². The molecular weight excluding hydrogens is 534 g/mol. The molecule has 0 aliphatic carbocycles. The number of hydrogen-bond donors (Lipinski definition) is 2. The van der Waals surface area contributed by atoms with E-state index in [1.54, 1.807) is 6.07 Å². The van der Waals surface area contributed by atoms with Crippen LogP contribution in [-0.4, -0.2) is 17.1 Å². The number of phenols is 1. The van der Waals surface area contributed by atoms with Crippen LogP contribution in [0.2, 0.25) is 5.02 Å². The van der Waals surface area contributed by atoms with Crippen molar-refractivity contribution in [3.8, 4) is 17.2 Å². The summed E-state index contributed by atoms with van der Waals surface area (Å²) in [5.41, 5.74) is 5.35. The van der Waals surface area contributed by atoms with Crippen LogP contribution in [0.4, 0.5) is 5.69 Å². The van der Waals surface area contributed by atoms with Gasteiger partial charge >= 0.3 is 0 Å². The lowest BCUT2D eigenvalue weighted by atomic mass is 10.0. The molecule has 214 valence electrons. The van der Waals surface area contributed by atoms with Crippen molar-refractivity contribution in [3.63, 3.8) is 0 Å². The number of hydrogen-bond acceptors (Lipinski definition) is 4. The summed E-state index contributed by atoms with van der Waals surface area (Å²) in [6, 6.07) is 27.6. The molecule has 0 aliphatic rings. The number of ether oxygens (including phenoxy) is 2. The lowest BCUT2D eigenvalue weighted by Gasteiger charge is -2.19. The van der Waals surface area contributed by atoms with Gasteiger partial charge in [0, 0.05) is 5.02 Å². The smallest absolute Gasteiger partial charge is 0.265 e. The summed E-state index contributed by atoms with van der Waals surface area (Å²) in [6.07, 6.45) is 3.31. The van der Waals surface area contributed by atoms with Crippen LogP contribution in [0, 0.1) is 6.92 Å². The molecule has 0 aliphatic heterocycles. The fourth-order valence-electron chi connectivity index (χ4n) is 4.63. The molecule has 1 unspecified atom stereocenters. The summed E-state index contributed by atoms with van der Waals surface area (Å²) >= 11 is 6.49. The Morgan fingerprint density at radius 1 is 0.902 bits per heavy atom. The van der Waals surface area contributed by atoms with Crippen molar-refractivity contribution in [1.82, 2.24) is 0 Å². The highest BCUT2D eigenvalue weighted by Crippen LogP contribution is 2.36. The molecule has 0 radical (unpaired) electrons. The number of benzene rings is 4. The first-order chi connectivity index (χ1) is 19.9. The van der Waals surface area contributed by atoms with E-state index >= 15 is 0 Å². The molecule has 5 nitrogen and oxygen atoms in total. The minimum atomic E-state index is -0.720. The fourth-order valence-corrected chi connectivity index (χ4v) is 4.97. The van der Waals surface area contributed by atoms with Gasteiger partial charge in [0.15, 0.2) is 6.10 Å². The van der Waals surface area contributed by atoms with Gasteiger partial charge in [0.1, 0.15) is 23.9 Å². The molecule has 6 heteroatoms. The number of anilines is 1. The van der Waals surface area contributed by atoms with Gasteiger partial charge in [-0.1, -0.05) is 86.5 Å². The van der Waals surface area contributed by atoms with Gasteiger partial charge in [0.25, 0.3) is 5.91 Å². The van der Waals surface area contributed by atoms with Crippen molar-refractivity contribution in [3.05, 3.63) is 118 Å². The third-order valence-electron chi connectivity index (χ3n) is 7.11. The van der Waals surface area contributed by atoms with Gasteiger partial charge in [-0.3, -0.25) is 4.79 Å². The topological polar surface area (TPSA) is 67.8 Å². The average molecular weight is 572 g/mol. The molecule has 0 bridgehead atoms. The monoisotopic (exact) mass is 571 g/mol. The highest BCUT2D eigenvalue weighted by Gasteiger charge is 2.22. The van der Waals surface area contributed by atoms with Gasteiger partial charge in [0.2, 0.25) is 0 Å². The number of rotatable bonds is 13. The molecule has 4 aromatic carbocycles. The van der Waals surface area contributed by atoms with E-state index in [0.29, 0.717) is 35.1 Å².